The molecule has 0 aliphatic carbocycles. The zero-order valence-electron chi connectivity index (χ0n) is 9.43. The molecule has 94 valence electrons. The third-order valence-corrected chi connectivity index (χ3v) is 2.85. The Morgan fingerprint density at radius 3 is 2.53 bits per heavy atom. The monoisotopic (exact) mass is 260 g/mol. The number of hydrogen-bond donors (Lipinski definition) is 2. The molecule has 0 unspecified atom stereocenters. The van der Waals surface area contributed by atoms with Gasteiger partial charge < -0.3 is 11.1 Å². The van der Waals surface area contributed by atoms with Crippen molar-refractivity contribution in [1.82, 2.24) is 5.32 Å². The average molecular weight is 260 g/mol. The summed E-state index contributed by atoms with van der Waals surface area (Å²) < 4.78 is 26.2. The maximum Gasteiger partial charge on any atom is 0.251 e. The second-order valence-corrected chi connectivity index (χ2v) is 4.44. The summed E-state index contributed by atoms with van der Waals surface area (Å²) in [5, 5.41) is 2.58. The maximum atomic E-state index is 13.1. The van der Waals surface area contributed by atoms with E-state index in [9.17, 15) is 13.6 Å². The average Bonchev–Trinajstić information content (AvgIpc) is 2.30. The van der Waals surface area contributed by atoms with Gasteiger partial charge in [0.25, 0.3) is 5.91 Å². The molecule has 17 heavy (non-hydrogen) atoms. The number of thioether (sulfide) groups is 1. The zero-order valence-corrected chi connectivity index (χ0v) is 10.2. The topological polar surface area (TPSA) is 55.1 Å². The van der Waals surface area contributed by atoms with Crippen LogP contribution in [0.2, 0.25) is 0 Å². The molecule has 3 N–H and O–H groups in total. The number of rotatable bonds is 5. The van der Waals surface area contributed by atoms with E-state index in [1.54, 1.807) is 11.8 Å². The highest BCUT2D eigenvalue weighted by molar-refractivity contribution is 7.98. The Labute approximate surface area is 103 Å². The number of halogens is 2. The van der Waals surface area contributed by atoms with E-state index < -0.39 is 23.2 Å². The van der Waals surface area contributed by atoms with Gasteiger partial charge in [-0.05, 0) is 30.6 Å². The van der Waals surface area contributed by atoms with Gasteiger partial charge in [-0.2, -0.15) is 11.8 Å². The standard InChI is InChI=1S/C11H14F2N2OS/c1-17-4-2-3-15-11(16)7-5-8(12)10(14)9(13)6-7/h5-6H,2-4,14H2,1H3,(H,15,16). The summed E-state index contributed by atoms with van der Waals surface area (Å²) in [4.78, 5) is 11.5. The molecular formula is C11H14F2N2OS. The van der Waals surface area contributed by atoms with E-state index in [0.717, 1.165) is 24.3 Å². The van der Waals surface area contributed by atoms with E-state index in [2.05, 4.69) is 5.32 Å². The van der Waals surface area contributed by atoms with Crippen LogP contribution < -0.4 is 11.1 Å². The number of nitrogens with two attached hydrogens (primary N) is 1. The molecule has 1 amide bonds. The van der Waals surface area contributed by atoms with Crippen molar-refractivity contribution in [2.24, 2.45) is 0 Å². The summed E-state index contributed by atoms with van der Waals surface area (Å²) in [5.41, 5.74) is 4.48. The molecule has 1 aromatic rings. The van der Waals surface area contributed by atoms with Crippen LogP contribution in [0.3, 0.4) is 0 Å². The van der Waals surface area contributed by atoms with Crippen molar-refractivity contribution in [1.29, 1.82) is 0 Å². The number of amides is 1. The van der Waals surface area contributed by atoms with Crippen molar-refractivity contribution in [3.8, 4) is 0 Å². The Hall–Kier alpha value is -1.30. The van der Waals surface area contributed by atoms with Crippen molar-refractivity contribution in [3.05, 3.63) is 29.3 Å². The van der Waals surface area contributed by atoms with Gasteiger partial charge in [-0.25, -0.2) is 8.78 Å². The van der Waals surface area contributed by atoms with Gasteiger partial charge in [-0.3, -0.25) is 4.79 Å². The molecule has 0 aliphatic rings. The summed E-state index contributed by atoms with van der Waals surface area (Å²) in [6.07, 6.45) is 2.78. The molecule has 1 aromatic carbocycles. The third kappa shape index (κ3) is 3.89. The SMILES string of the molecule is CSCCCNC(=O)c1cc(F)c(N)c(F)c1. The Morgan fingerprint density at radius 1 is 1.41 bits per heavy atom. The van der Waals surface area contributed by atoms with Gasteiger partial charge in [0.2, 0.25) is 0 Å². The van der Waals surface area contributed by atoms with E-state index in [-0.39, 0.29) is 5.56 Å². The van der Waals surface area contributed by atoms with Crippen LogP contribution in [0.1, 0.15) is 16.8 Å². The van der Waals surface area contributed by atoms with Crippen LogP contribution >= 0.6 is 11.8 Å². The van der Waals surface area contributed by atoms with E-state index in [0.29, 0.717) is 6.54 Å². The summed E-state index contributed by atoms with van der Waals surface area (Å²) in [6.45, 7) is 0.479. The largest absolute Gasteiger partial charge is 0.394 e. The molecule has 0 saturated heterocycles. The fourth-order valence-corrected chi connectivity index (χ4v) is 1.67. The lowest BCUT2D eigenvalue weighted by Crippen LogP contribution is -2.25. The summed E-state index contributed by atoms with van der Waals surface area (Å²) in [6, 6.07) is 1.87. The maximum absolute atomic E-state index is 13.1. The normalized spacial score (nSPS) is 10.3. The molecule has 0 atom stereocenters. The van der Waals surface area contributed by atoms with Crippen LogP contribution in [-0.2, 0) is 0 Å². The van der Waals surface area contributed by atoms with Crippen molar-refractivity contribution in [3.63, 3.8) is 0 Å². The van der Waals surface area contributed by atoms with Gasteiger partial charge in [0.05, 0.1) is 0 Å². The highest BCUT2D eigenvalue weighted by Gasteiger charge is 2.12. The number of benzene rings is 1. The Balaban J connectivity index is 2.63. The summed E-state index contributed by atoms with van der Waals surface area (Å²) in [5.74, 6) is -1.41. The third-order valence-electron chi connectivity index (χ3n) is 2.15. The van der Waals surface area contributed by atoms with Gasteiger partial charge in [-0.15, -0.1) is 0 Å². The molecule has 0 heterocycles. The first kappa shape index (κ1) is 13.8. The number of nitrogen functional groups attached to an aromatic ring is 1. The van der Waals surface area contributed by atoms with E-state index in [1.165, 1.54) is 0 Å². The highest BCUT2D eigenvalue weighted by atomic mass is 32.2. The van der Waals surface area contributed by atoms with Crippen LogP contribution in [0, 0.1) is 11.6 Å². The van der Waals surface area contributed by atoms with Crippen LogP contribution in [0.4, 0.5) is 14.5 Å². The van der Waals surface area contributed by atoms with Crippen LogP contribution in [0.5, 0.6) is 0 Å². The molecule has 0 bridgehead atoms. The fraction of sp³-hybridized carbons (Fsp3) is 0.364. The highest BCUT2D eigenvalue weighted by Crippen LogP contribution is 2.17. The van der Waals surface area contributed by atoms with Gasteiger partial charge in [0.1, 0.15) is 17.3 Å². The number of nitrogens with one attached hydrogen (secondary N) is 1. The first-order valence-electron chi connectivity index (χ1n) is 5.08. The predicted molar refractivity (Wildman–Crippen MR) is 66.1 cm³/mol. The predicted octanol–water partition coefficient (Wildman–Crippen LogP) is 2.03. The quantitative estimate of drug-likeness (QED) is 0.629. The van der Waals surface area contributed by atoms with Gasteiger partial charge in [0, 0.05) is 12.1 Å². The molecular weight excluding hydrogens is 246 g/mol. The molecule has 0 spiro atoms. The molecule has 0 fully saturated rings. The van der Waals surface area contributed by atoms with E-state index >= 15 is 0 Å². The first-order valence-corrected chi connectivity index (χ1v) is 6.47. The van der Waals surface area contributed by atoms with Crippen molar-refractivity contribution in [2.75, 3.05) is 24.3 Å². The minimum atomic E-state index is -0.917. The molecule has 0 aliphatic heterocycles. The molecule has 0 aromatic heterocycles. The lowest BCUT2D eigenvalue weighted by atomic mass is 10.1. The number of anilines is 1. The fourth-order valence-electron chi connectivity index (χ4n) is 1.24. The Kier molecular flexibility index (Phi) is 5.21. The van der Waals surface area contributed by atoms with Crippen molar-refractivity contribution < 1.29 is 13.6 Å². The number of carbonyl (C=O) groups is 1. The van der Waals surface area contributed by atoms with Crippen molar-refractivity contribution in [2.45, 2.75) is 6.42 Å². The smallest absolute Gasteiger partial charge is 0.251 e. The van der Waals surface area contributed by atoms with Crippen molar-refractivity contribution >= 4 is 23.4 Å². The molecule has 3 nitrogen and oxygen atoms in total. The minimum absolute atomic E-state index is 0.0571. The Morgan fingerprint density at radius 2 is 2.00 bits per heavy atom. The second kappa shape index (κ2) is 6.44. The Bertz CT molecular complexity index is 389. The molecule has 1 rings (SSSR count). The minimum Gasteiger partial charge on any atom is -0.394 e. The van der Waals surface area contributed by atoms with Gasteiger partial charge in [0.15, 0.2) is 0 Å². The molecule has 0 radical (unpaired) electrons. The zero-order chi connectivity index (χ0) is 12.8. The van der Waals surface area contributed by atoms with Gasteiger partial charge in [-0.1, -0.05) is 0 Å². The lowest BCUT2D eigenvalue weighted by molar-refractivity contribution is 0.0953. The summed E-state index contributed by atoms with van der Waals surface area (Å²) in [7, 11) is 0. The second-order valence-electron chi connectivity index (χ2n) is 3.46. The molecule has 0 saturated carbocycles. The van der Waals surface area contributed by atoms with Crippen LogP contribution in [0.15, 0.2) is 12.1 Å². The van der Waals surface area contributed by atoms with E-state index in [1.807, 2.05) is 6.26 Å². The van der Waals surface area contributed by atoms with Gasteiger partial charge >= 0.3 is 0 Å². The van der Waals surface area contributed by atoms with Crippen LogP contribution in [0.25, 0.3) is 0 Å². The number of carbonyl (C=O) groups excluding carboxylic acids is 1. The number of hydrogen-bond acceptors (Lipinski definition) is 3. The lowest BCUT2D eigenvalue weighted by Gasteiger charge is -2.06. The summed E-state index contributed by atoms with van der Waals surface area (Å²) >= 11 is 1.67. The first-order chi connectivity index (χ1) is 8.06. The molecule has 6 heteroatoms. The van der Waals surface area contributed by atoms with E-state index in [4.69, 9.17) is 5.73 Å². The van der Waals surface area contributed by atoms with Crippen LogP contribution in [-0.4, -0.2) is 24.5 Å².